The lowest BCUT2D eigenvalue weighted by atomic mass is 10.0. The average molecular weight is 544 g/mol. The molecule has 0 saturated heterocycles. The Morgan fingerprint density at radius 1 is 0.775 bits per heavy atom. The van der Waals surface area contributed by atoms with Crippen molar-refractivity contribution in [3.8, 4) is 5.69 Å². The third-order valence-corrected chi connectivity index (χ3v) is 8.05. The van der Waals surface area contributed by atoms with E-state index >= 15 is 0 Å². The molecule has 0 unspecified atom stereocenters. The molecule has 0 bridgehead atoms. The van der Waals surface area contributed by atoms with Gasteiger partial charge in [0.2, 0.25) is 0 Å². The highest BCUT2D eigenvalue weighted by molar-refractivity contribution is 7.99. The molecule has 1 aliphatic heterocycles. The number of aryl methyl sites for hydroxylation is 1. The summed E-state index contributed by atoms with van der Waals surface area (Å²) >= 11 is 1.56. The van der Waals surface area contributed by atoms with Gasteiger partial charge in [-0.15, -0.1) is 0 Å². The second kappa shape index (κ2) is 10.4. The number of nitro groups is 1. The minimum atomic E-state index is -0.393. The molecule has 196 valence electrons. The highest BCUT2D eigenvalue weighted by atomic mass is 32.2. The zero-order valence-corrected chi connectivity index (χ0v) is 22.8. The van der Waals surface area contributed by atoms with Crippen LogP contribution < -0.4 is 4.90 Å². The number of carbonyl (C=O) groups excluding carboxylic acids is 1. The minimum absolute atomic E-state index is 0.0372. The Morgan fingerprint density at radius 2 is 1.40 bits per heavy atom. The molecule has 2 heterocycles. The first-order chi connectivity index (χ1) is 19.4. The summed E-state index contributed by atoms with van der Waals surface area (Å²) in [5.74, 6) is -0.0372. The molecule has 6 nitrogen and oxygen atoms in total. The fraction of sp³-hybridized carbons (Fsp3) is 0.0606. The van der Waals surface area contributed by atoms with E-state index in [0.29, 0.717) is 5.57 Å². The number of anilines is 2. The quantitative estimate of drug-likeness (QED) is 0.123. The average Bonchev–Trinajstić information content (AvgIpc) is 3.41. The molecule has 1 aliphatic rings. The summed E-state index contributed by atoms with van der Waals surface area (Å²) in [6.07, 6.45) is 2.00. The molecule has 0 atom stereocenters. The van der Waals surface area contributed by atoms with Gasteiger partial charge in [-0.3, -0.25) is 19.8 Å². The van der Waals surface area contributed by atoms with Crippen molar-refractivity contribution in [1.82, 2.24) is 4.57 Å². The summed E-state index contributed by atoms with van der Waals surface area (Å²) in [7, 11) is 0. The van der Waals surface area contributed by atoms with Crippen LogP contribution in [0.25, 0.3) is 17.3 Å². The molecule has 0 saturated carbocycles. The van der Waals surface area contributed by atoms with E-state index in [9.17, 15) is 14.9 Å². The van der Waals surface area contributed by atoms with Crippen LogP contribution in [0, 0.1) is 24.0 Å². The maximum Gasteiger partial charge on any atom is 0.269 e. The molecular weight excluding hydrogens is 518 g/mol. The number of para-hydroxylation sites is 2. The minimum Gasteiger partial charge on any atom is -0.318 e. The van der Waals surface area contributed by atoms with Crippen LogP contribution in [-0.4, -0.2) is 15.4 Å². The molecule has 40 heavy (non-hydrogen) atoms. The number of amides is 1. The lowest BCUT2D eigenvalue weighted by molar-refractivity contribution is -0.384. The van der Waals surface area contributed by atoms with Gasteiger partial charge in [-0.05, 0) is 86.2 Å². The Morgan fingerprint density at radius 3 is 2.08 bits per heavy atom. The normalized spacial score (nSPS) is 13.6. The number of rotatable bonds is 6. The number of non-ortho nitro benzene ring substituents is 1. The first-order valence-electron chi connectivity index (χ1n) is 12.8. The Labute approximate surface area is 236 Å². The molecule has 0 spiro atoms. The van der Waals surface area contributed by atoms with Gasteiger partial charge in [0.05, 0.1) is 16.2 Å². The van der Waals surface area contributed by atoms with Gasteiger partial charge < -0.3 is 4.57 Å². The van der Waals surface area contributed by atoms with Gasteiger partial charge in [0.25, 0.3) is 11.6 Å². The standard InChI is InChI=1S/C33H25N3O3S/c1-22-20-24(21-31-30-10-6-7-11-32(30)35(33(31)37)25-8-4-3-5-9-25)23(2)34(22)26-12-16-28(17-13-26)40-29-18-14-27(15-19-29)36(38)39/h3-21H,1-2H3/b31-21+. The molecule has 1 amide bonds. The van der Waals surface area contributed by atoms with E-state index in [0.717, 1.165) is 49.4 Å². The maximum absolute atomic E-state index is 13.7. The summed E-state index contributed by atoms with van der Waals surface area (Å²) in [6.45, 7) is 4.13. The Hall–Kier alpha value is -4.88. The number of nitrogens with zero attached hydrogens (tertiary/aromatic N) is 3. The first kappa shape index (κ1) is 25.4. The molecule has 1 aromatic heterocycles. The molecular formula is C33H25N3O3S. The predicted octanol–water partition coefficient (Wildman–Crippen LogP) is 8.37. The van der Waals surface area contributed by atoms with Crippen LogP contribution in [0.2, 0.25) is 0 Å². The summed E-state index contributed by atoms with van der Waals surface area (Å²) in [4.78, 5) is 28.0. The van der Waals surface area contributed by atoms with E-state index in [-0.39, 0.29) is 11.6 Å². The second-order valence-corrected chi connectivity index (χ2v) is 10.7. The predicted molar refractivity (Wildman–Crippen MR) is 160 cm³/mol. The SMILES string of the molecule is Cc1cc(/C=C2/C(=O)N(c3ccccc3)c3ccccc32)c(C)n1-c1ccc(Sc2ccc([N+](=O)[O-])cc2)cc1. The number of hydrogen-bond donors (Lipinski definition) is 0. The number of fused-ring (bicyclic) bond motifs is 1. The van der Waals surface area contributed by atoms with Crippen LogP contribution >= 0.6 is 11.8 Å². The topological polar surface area (TPSA) is 68.4 Å². The van der Waals surface area contributed by atoms with Crippen molar-refractivity contribution < 1.29 is 9.72 Å². The summed E-state index contributed by atoms with van der Waals surface area (Å²) < 4.78 is 2.19. The second-order valence-electron chi connectivity index (χ2n) is 9.56. The number of nitro benzene ring substituents is 1. The third-order valence-electron chi connectivity index (χ3n) is 7.03. The molecule has 6 rings (SSSR count). The van der Waals surface area contributed by atoms with Crippen LogP contribution in [0.15, 0.2) is 119 Å². The molecule has 0 radical (unpaired) electrons. The van der Waals surface area contributed by atoms with Crippen LogP contribution in [0.4, 0.5) is 17.1 Å². The third kappa shape index (κ3) is 4.61. The number of benzene rings is 4. The van der Waals surface area contributed by atoms with Crippen molar-refractivity contribution in [2.24, 2.45) is 0 Å². The molecule has 0 aliphatic carbocycles. The highest BCUT2D eigenvalue weighted by Crippen LogP contribution is 2.42. The summed E-state index contributed by atoms with van der Waals surface area (Å²) in [5.41, 5.74) is 7.55. The number of aromatic nitrogens is 1. The van der Waals surface area contributed by atoms with Crippen LogP contribution in [0.3, 0.4) is 0 Å². The van der Waals surface area contributed by atoms with Gasteiger partial charge in [0.1, 0.15) is 0 Å². The van der Waals surface area contributed by atoms with Crippen molar-refractivity contribution in [2.75, 3.05) is 4.90 Å². The zero-order chi connectivity index (χ0) is 27.8. The highest BCUT2D eigenvalue weighted by Gasteiger charge is 2.33. The smallest absolute Gasteiger partial charge is 0.269 e. The van der Waals surface area contributed by atoms with Crippen molar-refractivity contribution >= 4 is 46.4 Å². The van der Waals surface area contributed by atoms with Crippen molar-refractivity contribution in [2.45, 2.75) is 23.6 Å². The van der Waals surface area contributed by atoms with Crippen LogP contribution in [0.5, 0.6) is 0 Å². The van der Waals surface area contributed by atoms with Crippen LogP contribution in [0.1, 0.15) is 22.5 Å². The number of carbonyl (C=O) groups is 1. The molecule has 7 heteroatoms. The molecule has 0 fully saturated rings. The van der Waals surface area contributed by atoms with E-state index in [1.54, 1.807) is 28.8 Å². The van der Waals surface area contributed by atoms with E-state index < -0.39 is 4.92 Å². The van der Waals surface area contributed by atoms with E-state index in [4.69, 9.17) is 0 Å². The van der Waals surface area contributed by atoms with Crippen LogP contribution in [-0.2, 0) is 4.79 Å². The Bertz CT molecular complexity index is 1770. The van der Waals surface area contributed by atoms with Gasteiger partial charge in [0.15, 0.2) is 0 Å². The van der Waals surface area contributed by atoms with Gasteiger partial charge >= 0.3 is 0 Å². The Balaban J connectivity index is 1.30. The fourth-order valence-corrected chi connectivity index (χ4v) is 5.95. The van der Waals surface area contributed by atoms with Gasteiger partial charge in [0, 0.05) is 50.2 Å². The van der Waals surface area contributed by atoms with Gasteiger partial charge in [-0.1, -0.05) is 48.2 Å². The molecule has 0 N–H and O–H groups in total. The van der Waals surface area contributed by atoms with E-state index in [1.807, 2.05) is 72.8 Å². The van der Waals surface area contributed by atoms with Crippen molar-refractivity contribution in [1.29, 1.82) is 0 Å². The Kier molecular flexibility index (Phi) is 6.58. The fourth-order valence-electron chi connectivity index (χ4n) is 5.14. The monoisotopic (exact) mass is 543 g/mol. The zero-order valence-electron chi connectivity index (χ0n) is 21.9. The first-order valence-corrected chi connectivity index (χ1v) is 13.6. The van der Waals surface area contributed by atoms with E-state index in [2.05, 4.69) is 36.6 Å². The lowest BCUT2D eigenvalue weighted by Gasteiger charge is -2.16. The largest absolute Gasteiger partial charge is 0.318 e. The van der Waals surface area contributed by atoms with E-state index in [1.165, 1.54) is 12.1 Å². The lowest BCUT2D eigenvalue weighted by Crippen LogP contribution is -2.20. The maximum atomic E-state index is 13.7. The van der Waals surface area contributed by atoms with Crippen molar-refractivity contribution in [3.05, 3.63) is 142 Å². The molecule has 4 aromatic carbocycles. The van der Waals surface area contributed by atoms with Crippen molar-refractivity contribution in [3.63, 3.8) is 0 Å². The number of hydrogen-bond acceptors (Lipinski definition) is 4. The molecule has 5 aromatic rings. The van der Waals surface area contributed by atoms with Gasteiger partial charge in [-0.2, -0.15) is 0 Å². The van der Waals surface area contributed by atoms with Gasteiger partial charge in [-0.25, -0.2) is 0 Å². The summed E-state index contributed by atoms with van der Waals surface area (Å²) in [6, 6.07) is 34.6. The summed E-state index contributed by atoms with van der Waals surface area (Å²) in [5, 5.41) is 10.9.